The van der Waals surface area contributed by atoms with Crippen LogP contribution in [0.3, 0.4) is 0 Å². The molecule has 10 atom stereocenters. The van der Waals surface area contributed by atoms with Gasteiger partial charge in [0.15, 0.2) is 61.2 Å². The van der Waals surface area contributed by atoms with Gasteiger partial charge in [-0.25, -0.2) is 28.7 Å². The summed E-state index contributed by atoms with van der Waals surface area (Å²) in [5.74, 6) is 0.950. The van der Waals surface area contributed by atoms with Gasteiger partial charge in [0.05, 0.1) is 64.1 Å². The van der Waals surface area contributed by atoms with E-state index < -0.39 is 108 Å². The number of nitro benzene ring substituents is 1. The number of hydrogen-bond donors (Lipinski definition) is 2. The Hall–Kier alpha value is -9.18. The van der Waals surface area contributed by atoms with Crippen molar-refractivity contribution >= 4 is 70.7 Å². The summed E-state index contributed by atoms with van der Waals surface area (Å²) in [5.41, 5.74) is 1.50. The van der Waals surface area contributed by atoms with E-state index in [9.17, 15) is 34.4 Å². The molecule has 5 aromatic carbocycles. The first kappa shape index (κ1) is 69.7. The van der Waals surface area contributed by atoms with E-state index in [-0.39, 0.29) is 59.2 Å². The number of fused-ring (bicyclic) bond motifs is 3. The molecule has 2 unspecified atom stereocenters. The second-order valence-corrected chi connectivity index (χ2v) is 31.4. The summed E-state index contributed by atoms with van der Waals surface area (Å²) in [6.45, 7) is 9.45. The third-order valence-electron chi connectivity index (χ3n) is 17.8. The van der Waals surface area contributed by atoms with Gasteiger partial charge in [-0.1, -0.05) is 106 Å². The van der Waals surface area contributed by atoms with Crippen molar-refractivity contribution in [3.8, 4) is 17.6 Å². The van der Waals surface area contributed by atoms with Crippen LogP contribution in [0.2, 0.25) is 18.1 Å². The molecule has 99 heavy (non-hydrogen) atoms. The molecule has 0 spiro atoms. The fourth-order valence-corrected chi connectivity index (χ4v) is 14.6. The molecule has 12 rings (SSSR count). The van der Waals surface area contributed by atoms with Gasteiger partial charge in [0.2, 0.25) is 5.78 Å². The first-order valence-electron chi connectivity index (χ1n) is 31.5. The Morgan fingerprint density at radius 1 is 0.788 bits per heavy atom. The van der Waals surface area contributed by atoms with E-state index in [1.165, 1.54) is 33.8 Å². The lowest BCUT2D eigenvalue weighted by Gasteiger charge is -2.41. The third-order valence-corrected chi connectivity index (χ3v) is 23.9. The molecule has 2 saturated heterocycles. The molecule has 28 nitrogen and oxygen atoms in total. The van der Waals surface area contributed by atoms with Crippen LogP contribution in [0.1, 0.15) is 72.3 Å². The molecule has 2 aliphatic heterocycles. The minimum atomic E-state index is -3.46. The molecule has 0 radical (unpaired) electrons. The molecular formula is C67H70FN12O16P2Si+. The number of ether oxygens (including phenoxy) is 5. The fraction of sp³-hybridized carbons (Fsp3) is 0.343. The van der Waals surface area contributed by atoms with Crippen LogP contribution in [0.15, 0.2) is 170 Å². The molecular weight excluding hydrogens is 1340 g/mol. The van der Waals surface area contributed by atoms with E-state index in [0.29, 0.717) is 46.7 Å². The molecule has 1 amide bonds. The van der Waals surface area contributed by atoms with E-state index in [1.807, 2.05) is 92.0 Å². The second-order valence-electron chi connectivity index (χ2n) is 24.8. The van der Waals surface area contributed by atoms with Gasteiger partial charge in [-0.3, -0.25) is 28.8 Å². The number of aryl methyl sites for hydroxylation is 2. The van der Waals surface area contributed by atoms with Gasteiger partial charge in [0.25, 0.3) is 17.2 Å². The lowest BCUT2D eigenvalue weighted by molar-refractivity contribution is -0.384. The number of carbonyl (C=O) groups is 1. The third kappa shape index (κ3) is 14.5. The number of nitro groups is 1. The summed E-state index contributed by atoms with van der Waals surface area (Å²) in [4.78, 5) is 71.9. The predicted octanol–water partition coefficient (Wildman–Crippen LogP) is 11.2. The Labute approximate surface area is 569 Å². The number of nitrogens with one attached hydrogen (secondary N) is 1. The summed E-state index contributed by atoms with van der Waals surface area (Å²) in [5, 5.41) is 23.6. The highest BCUT2D eigenvalue weighted by atomic mass is 31.2. The van der Waals surface area contributed by atoms with E-state index in [4.69, 9.17) is 51.2 Å². The molecule has 0 bridgehead atoms. The fourth-order valence-electron chi connectivity index (χ4n) is 11.7. The number of alkyl halides is 1. The van der Waals surface area contributed by atoms with E-state index in [0.717, 1.165) is 11.9 Å². The SMILES string of the molecule is COc1ccc(C(OC[C@H]2O[C@@H](n3cnc4c(=O)n5ccn(CCc6ccc([N+](=O)[O-])cc6)c5nc43)[C@H](O[Si](C)(C)C(C)(C)C)[C@@H]2OP(OCCC#N)OC[C@H]2O[C@@H](n3cnc4c(NC(=O)c5ccccc5)ncnc43)[C@H](F)[C@@H]2O[P+](=O)O)(c2ccccc2)c2ccc(OC)cc2)cc1. The van der Waals surface area contributed by atoms with E-state index >= 15 is 4.39 Å². The van der Waals surface area contributed by atoms with Crippen molar-refractivity contribution in [2.75, 3.05) is 39.4 Å². The van der Waals surface area contributed by atoms with Gasteiger partial charge < -0.3 is 51.6 Å². The van der Waals surface area contributed by atoms with Crippen LogP contribution in [-0.4, -0.2) is 138 Å². The van der Waals surface area contributed by atoms with Crippen molar-refractivity contribution in [1.82, 2.24) is 43.0 Å². The summed E-state index contributed by atoms with van der Waals surface area (Å²) in [6, 6.07) is 41.2. The normalized spacial score (nSPS) is 20.1. The van der Waals surface area contributed by atoms with Crippen molar-refractivity contribution in [2.45, 2.75) is 113 Å². The molecule has 2 fully saturated rings. The van der Waals surface area contributed by atoms with Crippen molar-refractivity contribution < 1.29 is 69.8 Å². The zero-order valence-electron chi connectivity index (χ0n) is 54.7. The first-order valence-corrected chi connectivity index (χ1v) is 36.6. The average molecular weight is 1410 g/mol. The van der Waals surface area contributed by atoms with Gasteiger partial charge in [-0.05, 0) is 83.2 Å². The topological polar surface area (TPSA) is 326 Å². The highest BCUT2D eigenvalue weighted by Gasteiger charge is 2.56. The molecule has 2 aliphatic rings. The monoisotopic (exact) mass is 1410 g/mol. The minimum absolute atomic E-state index is 0.00571. The van der Waals surface area contributed by atoms with Crippen LogP contribution in [-0.2, 0) is 59.9 Å². The van der Waals surface area contributed by atoms with Gasteiger partial charge in [-0.15, -0.1) is 9.42 Å². The average Bonchev–Trinajstić information content (AvgIpc) is 1.65. The standard InChI is InChI=1S/C67H69FN12O16P2Si/c1-66(2,3)99(6,7)96-57-56(95-98(90-36-14-32-69)91-38-51-55(94-97(85)86)52(68)63(92-51)78-40-72-53-58(70-39-71-59(53)78)74-61(81)43-15-10-8-11-16-43)50(37-89-67(44-17-12-9-13-18-44,45-21-27-48(87-4)28-22-45)46-23-29-49(88-5)30-24-46)93-64(57)79-41-73-54-60(79)75-65-76(34-35-77(65)62(54)82)33-31-42-19-25-47(26-20-42)80(83)84/h8-13,15-30,34-35,39-41,50-52,55-57,63-64H,14,31,33,36-38H2,1-7H3,(H-,70,71,74,81,85,86)/p+1/t50-,51-,52-,55-,56-,57-,63-,64-,98?/m1/s1. The molecule has 10 aromatic rings. The number of anilines is 1. The predicted molar refractivity (Wildman–Crippen MR) is 361 cm³/mol. The first-order chi connectivity index (χ1) is 47.7. The largest absolute Gasteiger partial charge is 0.695 e. The number of non-ortho nitro benzene ring substituents is 1. The highest BCUT2D eigenvalue weighted by Crippen LogP contribution is 2.52. The summed E-state index contributed by atoms with van der Waals surface area (Å²) in [7, 11) is -6.05. The Morgan fingerprint density at radius 2 is 1.40 bits per heavy atom. The highest BCUT2D eigenvalue weighted by molar-refractivity contribution is 7.41. The lowest BCUT2D eigenvalue weighted by atomic mass is 9.80. The smallest absolute Gasteiger partial charge is 0.497 e. The Morgan fingerprint density at radius 3 is 2.03 bits per heavy atom. The summed E-state index contributed by atoms with van der Waals surface area (Å²) >= 11 is 0. The Balaban J connectivity index is 0.945. The number of nitrogens with zero attached hydrogens (tertiary/aromatic N) is 11. The molecule has 0 aliphatic carbocycles. The van der Waals surface area contributed by atoms with Gasteiger partial charge in [0, 0.05) is 41.2 Å². The Kier molecular flexibility index (Phi) is 20.9. The molecule has 514 valence electrons. The minimum Gasteiger partial charge on any atom is -0.497 e. The molecule has 7 heterocycles. The van der Waals surface area contributed by atoms with Crippen molar-refractivity contribution in [3.63, 3.8) is 0 Å². The Bertz CT molecular complexity index is 4570. The van der Waals surface area contributed by atoms with Crippen LogP contribution in [0.25, 0.3) is 28.1 Å². The van der Waals surface area contributed by atoms with E-state index in [1.54, 1.807) is 78.2 Å². The maximum Gasteiger partial charge on any atom is 0.695 e. The zero-order chi connectivity index (χ0) is 69.8. The van der Waals surface area contributed by atoms with Gasteiger partial charge in [-0.2, -0.15) is 10.2 Å². The van der Waals surface area contributed by atoms with Crippen molar-refractivity contribution in [2.24, 2.45) is 0 Å². The number of nitriles is 1. The van der Waals surface area contributed by atoms with E-state index in [2.05, 4.69) is 52.1 Å². The zero-order valence-corrected chi connectivity index (χ0v) is 57.5. The van der Waals surface area contributed by atoms with Crippen LogP contribution in [0.4, 0.5) is 15.9 Å². The number of carbonyl (C=O) groups excluding carboxylic acids is 1. The number of halogens is 1. The van der Waals surface area contributed by atoms with Crippen molar-refractivity contribution in [1.29, 1.82) is 5.26 Å². The molecule has 0 saturated carbocycles. The number of aromatic nitrogens is 9. The maximum absolute atomic E-state index is 17.2. The number of amides is 1. The second kappa shape index (κ2) is 29.7. The van der Waals surface area contributed by atoms with Gasteiger partial charge >= 0.3 is 16.9 Å². The number of methoxy groups -OCH3 is 2. The van der Waals surface area contributed by atoms with Gasteiger partial charge in [0.1, 0.15) is 47.8 Å². The number of benzene rings is 5. The molecule has 32 heteroatoms. The van der Waals surface area contributed by atoms with Crippen molar-refractivity contribution in [3.05, 3.63) is 213 Å². The van der Waals surface area contributed by atoms with Crippen LogP contribution < -0.4 is 20.3 Å². The summed E-state index contributed by atoms with van der Waals surface area (Å²) in [6.07, 6.45) is -4.45. The summed E-state index contributed by atoms with van der Waals surface area (Å²) < 4.78 is 101. The van der Waals surface area contributed by atoms with Crippen LogP contribution in [0, 0.1) is 21.4 Å². The number of rotatable bonds is 28. The number of imidazole rings is 3. The quantitative estimate of drug-likeness (QED) is 0.0115. The lowest BCUT2D eigenvalue weighted by Crippen LogP contribution is -2.49. The molecule has 5 aromatic heterocycles. The van der Waals surface area contributed by atoms with Crippen LogP contribution >= 0.6 is 16.9 Å². The number of hydrogen-bond acceptors (Lipinski definition) is 21. The maximum atomic E-state index is 17.2. The van der Waals surface area contributed by atoms with Crippen LogP contribution in [0.5, 0.6) is 11.5 Å². The molecule has 2 N–H and O–H groups in total.